The van der Waals surface area contributed by atoms with E-state index >= 15 is 0 Å². The maximum absolute atomic E-state index is 11.7. The minimum absolute atomic E-state index is 0.0747. The van der Waals surface area contributed by atoms with E-state index in [4.69, 9.17) is 10.2 Å². The van der Waals surface area contributed by atoms with Crippen molar-refractivity contribution < 1.29 is 9.21 Å². The van der Waals surface area contributed by atoms with E-state index in [2.05, 4.69) is 5.32 Å². The first-order valence-electron chi connectivity index (χ1n) is 6.02. The molecule has 98 valence electrons. The van der Waals surface area contributed by atoms with Crippen LogP contribution in [-0.4, -0.2) is 5.91 Å². The molecule has 1 heterocycles. The summed E-state index contributed by atoms with van der Waals surface area (Å²) in [5.41, 5.74) is 7.34. The molecule has 3 N–H and O–H groups in total. The molecular formula is C15H16N2O2. The number of furan rings is 1. The number of nitrogens with two attached hydrogens (primary N) is 1. The maximum atomic E-state index is 11.7. The fraction of sp³-hybridized carbons (Fsp3) is 0.133. The van der Waals surface area contributed by atoms with Gasteiger partial charge in [-0.3, -0.25) is 4.79 Å². The summed E-state index contributed by atoms with van der Waals surface area (Å²) in [5, 5.41) is 2.87. The van der Waals surface area contributed by atoms with Crippen molar-refractivity contribution in [2.45, 2.75) is 13.0 Å². The molecule has 4 heteroatoms. The standard InChI is InChI=1S/C15H16N2O2/c1-11(12-4-6-13(16)7-5-12)17-15(18)9-8-14-3-2-10-19-14/h2-11H,16H2,1H3,(H,17,18)/b9-8+. The Hall–Kier alpha value is -2.49. The Kier molecular flexibility index (Phi) is 4.03. The highest BCUT2D eigenvalue weighted by Gasteiger charge is 2.07. The van der Waals surface area contributed by atoms with E-state index in [-0.39, 0.29) is 11.9 Å². The van der Waals surface area contributed by atoms with Crippen LogP contribution in [0.3, 0.4) is 0 Å². The first kappa shape index (κ1) is 13.0. The van der Waals surface area contributed by atoms with Crippen LogP contribution in [0.15, 0.2) is 53.2 Å². The molecule has 0 aliphatic rings. The lowest BCUT2D eigenvalue weighted by Crippen LogP contribution is -2.24. The smallest absolute Gasteiger partial charge is 0.244 e. The predicted octanol–water partition coefficient (Wildman–Crippen LogP) is 2.75. The highest BCUT2D eigenvalue weighted by atomic mass is 16.3. The van der Waals surface area contributed by atoms with Crippen molar-refractivity contribution in [1.29, 1.82) is 0 Å². The molecule has 19 heavy (non-hydrogen) atoms. The summed E-state index contributed by atoms with van der Waals surface area (Å²) in [7, 11) is 0. The van der Waals surface area contributed by atoms with Crippen LogP contribution in [0.2, 0.25) is 0 Å². The second kappa shape index (κ2) is 5.91. The molecule has 1 aromatic carbocycles. The van der Waals surface area contributed by atoms with Gasteiger partial charge in [-0.05, 0) is 42.8 Å². The third-order valence-corrected chi connectivity index (χ3v) is 2.74. The van der Waals surface area contributed by atoms with Crippen molar-refractivity contribution in [1.82, 2.24) is 5.32 Å². The number of amides is 1. The minimum atomic E-state index is -0.166. The maximum Gasteiger partial charge on any atom is 0.244 e. The Labute approximate surface area is 111 Å². The van der Waals surface area contributed by atoms with Gasteiger partial charge in [0.25, 0.3) is 0 Å². The molecule has 2 aromatic rings. The lowest BCUT2D eigenvalue weighted by Gasteiger charge is -2.12. The molecule has 0 fully saturated rings. The average molecular weight is 256 g/mol. The van der Waals surface area contributed by atoms with Crippen LogP contribution in [0.5, 0.6) is 0 Å². The van der Waals surface area contributed by atoms with Crippen LogP contribution in [0.25, 0.3) is 6.08 Å². The minimum Gasteiger partial charge on any atom is -0.465 e. The van der Waals surface area contributed by atoms with E-state index in [9.17, 15) is 4.79 Å². The average Bonchev–Trinajstić information content (AvgIpc) is 2.90. The molecule has 1 atom stereocenters. The van der Waals surface area contributed by atoms with Gasteiger partial charge in [0.1, 0.15) is 5.76 Å². The fourth-order valence-corrected chi connectivity index (χ4v) is 1.67. The van der Waals surface area contributed by atoms with Gasteiger partial charge < -0.3 is 15.5 Å². The summed E-state index contributed by atoms with van der Waals surface area (Å²) in [6.07, 6.45) is 4.65. The van der Waals surface area contributed by atoms with Crippen LogP contribution < -0.4 is 11.1 Å². The van der Waals surface area contributed by atoms with Crippen molar-refractivity contribution in [2.24, 2.45) is 0 Å². The zero-order valence-electron chi connectivity index (χ0n) is 10.7. The first-order chi connectivity index (χ1) is 9.15. The molecule has 4 nitrogen and oxygen atoms in total. The second-order valence-corrected chi connectivity index (χ2v) is 4.25. The predicted molar refractivity (Wildman–Crippen MR) is 75.2 cm³/mol. The van der Waals surface area contributed by atoms with Crippen LogP contribution in [0, 0.1) is 0 Å². The molecule has 0 spiro atoms. The molecule has 0 aliphatic heterocycles. The van der Waals surface area contributed by atoms with Crippen LogP contribution in [-0.2, 0) is 4.79 Å². The number of nitrogens with one attached hydrogen (secondary N) is 1. The third kappa shape index (κ3) is 3.74. The van der Waals surface area contributed by atoms with Gasteiger partial charge >= 0.3 is 0 Å². The highest BCUT2D eigenvalue weighted by molar-refractivity contribution is 5.91. The van der Waals surface area contributed by atoms with Gasteiger partial charge in [-0.15, -0.1) is 0 Å². The molecule has 1 unspecified atom stereocenters. The van der Waals surface area contributed by atoms with Crippen LogP contribution in [0.1, 0.15) is 24.3 Å². The molecule has 1 amide bonds. The van der Waals surface area contributed by atoms with Gasteiger partial charge in [0.15, 0.2) is 0 Å². The van der Waals surface area contributed by atoms with Crippen molar-refractivity contribution in [2.75, 3.05) is 5.73 Å². The number of hydrogen-bond donors (Lipinski definition) is 2. The topological polar surface area (TPSA) is 68.3 Å². The summed E-state index contributed by atoms with van der Waals surface area (Å²) in [5.74, 6) is 0.482. The van der Waals surface area contributed by atoms with Gasteiger partial charge in [0.05, 0.1) is 12.3 Å². The lowest BCUT2D eigenvalue weighted by molar-refractivity contribution is -0.117. The van der Waals surface area contributed by atoms with E-state index in [1.807, 2.05) is 31.2 Å². The Morgan fingerprint density at radius 3 is 2.68 bits per heavy atom. The van der Waals surface area contributed by atoms with Gasteiger partial charge in [-0.2, -0.15) is 0 Å². The highest BCUT2D eigenvalue weighted by Crippen LogP contribution is 2.14. The Morgan fingerprint density at radius 2 is 2.05 bits per heavy atom. The van der Waals surface area contributed by atoms with Gasteiger partial charge in [-0.25, -0.2) is 0 Å². The summed E-state index contributed by atoms with van der Waals surface area (Å²) in [6.45, 7) is 1.92. The van der Waals surface area contributed by atoms with Crippen molar-refractivity contribution in [3.05, 3.63) is 60.1 Å². The van der Waals surface area contributed by atoms with Gasteiger partial charge in [-0.1, -0.05) is 12.1 Å². The molecular weight excluding hydrogens is 240 g/mol. The number of carbonyl (C=O) groups is 1. The van der Waals surface area contributed by atoms with E-state index < -0.39 is 0 Å². The Morgan fingerprint density at radius 1 is 1.32 bits per heavy atom. The summed E-state index contributed by atoms with van der Waals surface area (Å²) >= 11 is 0. The number of hydrogen-bond acceptors (Lipinski definition) is 3. The second-order valence-electron chi connectivity index (χ2n) is 4.25. The van der Waals surface area contributed by atoms with E-state index in [0.717, 1.165) is 5.56 Å². The van der Waals surface area contributed by atoms with E-state index in [1.165, 1.54) is 6.08 Å². The quantitative estimate of drug-likeness (QED) is 0.653. The summed E-state index contributed by atoms with van der Waals surface area (Å²) < 4.78 is 5.11. The van der Waals surface area contributed by atoms with E-state index in [1.54, 1.807) is 24.5 Å². The normalized spacial score (nSPS) is 12.5. The summed E-state index contributed by atoms with van der Waals surface area (Å²) in [4.78, 5) is 11.7. The van der Waals surface area contributed by atoms with Gasteiger partial charge in [0, 0.05) is 11.8 Å². The molecule has 0 bridgehead atoms. The lowest BCUT2D eigenvalue weighted by atomic mass is 10.1. The van der Waals surface area contributed by atoms with Crippen molar-refractivity contribution in [3.8, 4) is 0 Å². The van der Waals surface area contributed by atoms with Crippen LogP contribution in [0.4, 0.5) is 5.69 Å². The fourth-order valence-electron chi connectivity index (χ4n) is 1.67. The molecule has 0 saturated carbocycles. The number of rotatable bonds is 4. The molecule has 0 aliphatic carbocycles. The third-order valence-electron chi connectivity index (χ3n) is 2.74. The van der Waals surface area contributed by atoms with E-state index in [0.29, 0.717) is 11.4 Å². The van der Waals surface area contributed by atoms with Crippen LogP contribution >= 0.6 is 0 Å². The Balaban J connectivity index is 1.93. The zero-order valence-corrected chi connectivity index (χ0v) is 10.7. The number of benzene rings is 1. The SMILES string of the molecule is CC(NC(=O)/C=C/c1ccco1)c1ccc(N)cc1. The molecule has 2 rings (SSSR count). The number of carbonyl (C=O) groups excluding carboxylic acids is 1. The van der Waals surface area contributed by atoms with Gasteiger partial charge in [0.2, 0.25) is 5.91 Å². The largest absolute Gasteiger partial charge is 0.465 e. The monoisotopic (exact) mass is 256 g/mol. The summed E-state index contributed by atoms with van der Waals surface area (Å²) in [6, 6.07) is 10.9. The Bertz CT molecular complexity index is 556. The molecule has 0 radical (unpaired) electrons. The number of nitrogen functional groups attached to an aromatic ring is 1. The zero-order chi connectivity index (χ0) is 13.7. The van der Waals surface area contributed by atoms with Crippen molar-refractivity contribution >= 4 is 17.7 Å². The number of anilines is 1. The molecule has 0 saturated heterocycles. The van der Waals surface area contributed by atoms with Crippen molar-refractivity contribution in [3.63, 3.8) is 0 Å². The molecule has 1 aromatic heterocycles. The first-order valence-corrected chi connectivity index (χ1v) is 6.02.